The topological polar surface area (TPSA) is 38.3 Å². The average Bonchev–Trinajstić information content (AvgIpc) is 2.56. The second-order valence-electron chi connectivity index (χ2n) is 5.96. The second kappa shape index (κ2) is 8.37. The van der Waals surface area contributed by atoms with Crippen LogP contribution in [0.1, 0.15) is 55.5 Å². The van der Waals surface area contributed by atoms with Gasteiger partial charge in [0.2, 0.25) is 0 Å². The molecule has 0 spiro atoms. The summed E-state index contributed by atoms with van der Waals surface area (Å²) in [5.41, 5.74) is 2.69. The first-order chi connectivity index (χ1) is 11.1. The first kappa shape index (κ1) is 17.1. The molecule has 0 bridgehead atoms. The van der Waals surface area contributed by atoms with E-state index in [-0.39, 0.29) is 5.91 Å². The van der Waals surface area contributed by atoms with Crippen molar-refractivity contribution in [2.45, 2.75) is 39.5 Å². The van der Waals surface area contributed by atoms with Crippen LogP contribution >= 0.6 is 0 Å². The van der Waals surface area contributed by atoms with Gasteiger partial charge in [0.1, 0.15) is 5.75 Å². The number of nitrogens with one attached hydrogen (secondary N) is 1. The van der Waals surface area contributed by atoms with Crippen LogP contribution in [0.3, 0.4) is 0 Å². The highest BCUT2D eigenvalue weighted by atomic mass is 16.5. The molecule has 3 nitrogen and oxygen atoms in total. The van der Waals surface area contributed by atoms with E-state index in [4.69, 9.17) is 4.74 Å². The zero-order valence-corrected chi connectivity index (χ0v) is 14.1. The monoisotopic (exact) mass is 311 g/mol. The molecule has 3 heteroatoms. The molecule has 0 atom stereocenters. The fourth-order valence-electron chi connectivity index (χ4n) is 2.19. The van der Waals surface area contributed by atoms with Gasteiger partial charge in [0.15, 0.2) is 0 Å². The lowest BCUT2D eigenvalue weighted by Crippen LogP contribution is -2.11. The number of carbonyl (C=O) groups excluding carboxylic acids is 1. The van der Waals surface area contributed by atoms with E-state index in [1.807, 2.05) is 36.4 Å². The molecule has 1 amide bonds. The van der Waals surface area contributed by atoms with Crippen molar-refractivity contribution in [3.63, 3.8) is 0 Å². The number of anilines is 1. The van der Waals surface area contributed by atoms with Crippen LogP contribution in [0.2, 0.25) is 0 Å². The Kier molecular flexibility index (Phi) is 6.21. The van der Waals surface area contributed by atoms with Crippen molar-refractivity contribution in [3.05, 3.63) is 59.7 Å². The van der Waals surface area contributed by atoms with Crippen molar-refractivity contribution in [1.82, 2.24) is 0 Å². The Hall–Kier alpha value is -2.29. The van der Waals surface area contributed by atoms with Gasteiger partial charge in [0.25, 0.3) is 5.91 Å². The van der Waals surface area contributed by atoms with Gasteiger partial charge in [-0.25, -0.2) is 0 Å². The summed E-state index contributed by atoms with van der Waals surface area (Å²) in [6.07, 6.45) is 2.14. The molecule has 122 valence electrons. The summed E-state index contributed by atoms with van der Waals surface area (Å²) in [5.74, 6) is 1.18. The molecule has 0 unspecified atom stereocenters. The lowest BCUT2D eigenvalue weighted by molar-refractivity contribution is 0.102. The van der Waals surface area contributed by atoms with Crippen LogP contribution in [-0.4, -0.2) is 12.5 Å². The van der Waals surface area contributed by atoms with E-state index >= 15 is 0 Å². The molecule has 0 saturated carbocycles. The molecule has 0 fully saturated rings. The predicted octanol–water partition coefficient (Wildman–Crippen LogP) is 5.24. The zero-order valence-electron chi connectivity index (χ0n) is 14.1. The molecule has 2 aromatic rings. The lowest BCUT2D eigenvalue weighted by atomic mass is 10.0. The van der Waals surface area contributed by atoms with Crippen LogP contribution in [0.5, 0.6) is 5.75 Å². The number of amides is 1. The third kappa shape index (κ3) is 5.13. The van der Waals surface area contributed by atoms with Crippen molar-refractivity contribution in [2.24, 2.45) is 0 Å². The number of ether oxygens (including phenoxy) is 1. The highest BCUT2D eigenvalue weighted by Gasteiger charge is 2.07. The van der Waals surface area contributed by atoms with Crippen molar-refractivity contribution >= 4 is 11.6 Å². The summed E-state index contributed by atoms with van der Waals surface area (Å²) in [7, 11) is 0. The van der Waals surface area contributed by atoms with Gasteiger partial charge in [-0.15, -0.1) is 0 Å². The molecule has 0 aliphatic rings. The Bertz CT molecular complexity index is 615. The average molecular weight is 311 g/mol. The predicted molar refractivity (Wildman–Crippen MR) is 95.3 cm³/mol. The number of benzene rings is 2. The Morgan fingerprint density at radius 2 is 1.70 bits per heavy atom. The fourth-order valence-corrected chi connectivity index (χ4v) is 2.19. The van der Waals surface area contributed by atoms with Crippen LogP contribution in [0.4, 0.5) is 5.69 Å². The van der Waals surface area contributed by atoms with Gasteiger partial charge >= 0.3 is 0 Å². The summed E-state index contributed by atoms with van der Waals surface area (Å²) < 4.78 is 5.60. The maximum absolute atomic E-state index is 12.3. The summed E-state index contributed by atoms with van der Waals surface area (Å²) >= 11 is 0. The van der Waals surface area contributed by atoms with Crippen LogP contribution in [-0.2, 0) is 0 Å². The number of rotatable bonds is 7. The van der Waals surface area contributed by atoms with Gasteiger partial charge in [-0.05, 0) is 54.3 Å². The first-order valence-electron chi connectivity index (χ1n) is 8.24. The molecule has 2 rings (SSSR count). The molecule has 23 heavy (non-hydrogen) atoms. The maximum Gasteiger partial charge on any atom is 0.255 e. The highest BCUT2D eigenvalue weighted by Crippen LogP contribution is 2.18. The van der Waals surface area contributed by atoms with Crippen LogP contribution in [0, 0.1) is 0 Å². The maximum atomic E-state index is 12.3. The quantitative estimate of drug-likeness (QED) is 0.710. The minimum Gasteiger partial charge on any atom is -0.494 e. The molecule has 0 aliphatic carbocycles. The minimum atomic E-state index is -0.109. The molecule has 1 N–H and O–H groups in total. The van der Waals surface area contributed by atoms with Crippen molar-refractivity contribution < 1.29 is 9.53 Å². The smallest absolute Gasteiger partial charge is 0.255 e. The van der Waals surface area contributed by atoms with Gasteiger partial charge in [-0.3, -0.25) is 4.79 Å². The van der Waals surface area contributed by atoms with E-state index < -0.39 is 0 Å². The molecular formula is C20H25NO2. The van der Waals surface area contributed by atoms with E-state index in [0.717, 1.165) is 24.3 Å². The van der Waals surface area contributed by atoms with E-state index in [9.17, 15) is 4.79 Å². The lowest BCUT2D eigenvalue weighted by Gasteiger charge is -2.09. The molecule has 2 aromatic carbocycles. The third-order valence-corrected chi connectivity index (χ3v) is 3.72. The van der Waals surface area contributed by atoms with Gasteiger partial charge in [-0.2, -0.15) is 0 Å². The number of hydrogen-bond donors (Lipinski definition) is 1. The van der Waals surface area contributed by atoms with Gasteiger partial charge in [-0.1, -0.05) is 39.3 Å². The first-order valence-corrected chi connectivity index (χ1v) is 8.24. The largest absolute Gasteiger partial charge is 0.494 e. The molecule has 0 heterocycles. The molecular weight excluding hydrogens is 286 g/mol. The summed E-state index contributed by atoms with van der Waals surface area (Å²) in [4.78, 5) is 12.3. The number of hydrogen-bond acceptors (Lipinski definition) is 2. The van der Waals surface area contributed by atoms with Crippen LogP contribution < -0.4 is 10.1 Å². The van der Waals surface area contributed by atoms with Crippen molar-refractivity contribution in [1.29, 1.82) is 0 Å². The fraction of sp³-hybridized carbons (Fsp3) is 0.350. The molecule has 0 aliphatic heterocycles. The van der Waals surface area contributed by atoms with E-state index in [1.165, 1.54) is 5.56 Å². The minimum absolute atomic E-state index is 0.109. The standard InChI is InChI=1S/C20H25NO2/c1-4-5-14-23-19-12-8-17(9-13-19)20(22)21-18-10-6-16(7-11-18)15(2)3/h6-13,15H,4-5,14H2,1-3H3,(H,21,22). The summed E-state index contributed by atoms with van der Waals surface area (Å²) in [6.45, 7) is 7.14. The highest BCUT2D eigenvalue weighted by molar-refractivity contribution is 6.04. The zero-order chi connectivity index (χ0) is 16.7. The SMILES string of the molecule is CCCCOc1ccc(C(=O)Nc2ccc(C(C)C)cc2)cc1. The third-order valence-electron chi connectivity index (χ3n) is 3.72. The Morgan fingerprint density at radius 3 is 2.26 bits per heavy atom. The van der Waals surface area contributed by atoms with Crippen molar-refractivity contribution in [2.75, 3.05) is 11.9 Å². The molecule has 0 saturated heterocycles. The van der Waals surface area contributed by atoms with E-state index in [1.54, 1.807) is 12.1 Å². The molecule has 0 radical (unpaired) electrons. The summed E-state index contributed by atoms with van der Waals surface area (Å²) in [6, 6.07) is 15.2. The van der Waals surface area contributed by atoms with E-state index in [2.05, 4.69) is 26.1 Å². The Labute approximate surface area is 138 Å². The van der Waals surface area contributed by atoms with E-state index in [0.29, 0.717) is 18.1 Å². The Balaban J connectivity index is 1.94. The Morgan fingerprint density at radius 1 is 1.04 bits per heavy atom. The van der Waals surface area contributed by atoms with Gasteiger partial charge in [0, 0.05) is 11.3 Å². The van der Waals surface area contributed by atoms with Crippen molar-refractivity contribution in [3.8, 4) is 5.75 Å². The van der Waals surface area contributed by atoms with Crippen LogP contribution in [0.15, 0.2) is 48.5 Å². The number of unbranched alkanes of at least 4 members (excludes halogenated alkanes) is 1. The summed E-state index contributed by atoms with van der Waals surface area (Å²) in [5, 5.41) is 2.92. The molecule has 0 aromatic heterocycles. The number of carbonyl (C=O) groups is 1. The van der Waals surface area contributed by atoms with Gasteiger partial charge < -0.3 is 10.1 Å². The normalized spacial score (nSPS) is 10.6. The van der Waals surface area contributed by atoms with Crippen LogP contribution in [0.25, 0.3) is 0 Å². The second-order valence-corrected chi connectivity index (χ2v) is 5.96. The van der Waals surface area contributed by atoms with Gasteiger partial charge in [0.05, 0.1) is 6.61 Å².